The average Bonchev–Trinajstić information content (AvgIpc) is 2.80. The molecule has 2 atom stereocenters. The van der Waals surface area contributed by atoms with E-state index in [1.807, 2.05) is 24.3 Å². The number of esters is 1. The summed E-state index contributed by atoms with van der Waals surface area (Å²) in [5, 5.41) is 4.91. The van der Waals surface area contributed by atoms with Gasteiger partial charge in [-0.1, -0.05) is 74.5 Å². The second kappa shape index (κ2) is 12.8. The Morgan fingerprint density at radius 1 is 0.818 bits per heavy atom. The van der Waals surface area contributed by atoms with Gasteiger partial charge in [0.15, 0.2) is 0 Å². The second-order valence-corrected chi connectivity index (χ2v) is 7.74. The van der Waals surface area contributed by atoms with Gasteiger partial charge in [-0.25, -0.2) is 4.79 Å². The van der Waals surface area contributed by atoms with E-state index in [0.29, 0.717) is 0 Å². The first-order valence-corrected chi connectivity index (χ1v) is 10.5. The average molecular weight is 456 g/mol. The summed E-state index contributed by atoms with van der Waals surface area (Å²) in [6, 6.07) is 15.8. The molecule has 0 unspecified atom stereocenters. The molecule has 0 spiro atoms. The fourth-order valence-electron chi connectivity index (χ4n) is 2.87. The minimum absolute atomic E-state index is 0.0303. The maximum atomic E-state index is 12.7. The molecule has 176 valence electrons. The van der Waals surface area contributed by atoms with Gasteiger partial charge in [0.2, 0.25) is 11.8 Å². The van der Waals surface area contributed by atoms with Gasteiger partial charge >= 0.3 is 12.1 Å². The number of benzene rings is 2. The van der Waals surface area contributed by atoms with E-state index in [2.05, 4.69) is 10.6 Å². The Kier molecular flexibility index (Phi) is 9.88. The quantitative estimate of drug-likeness (QED) is 0.444. The van der Waals surface area contributed by atoms with Gasteiger partial charge in [-0.05, 0) is 17.0 Å². The molecular formula is C24H29N3O6. The zero-order chi connectivity index (χ0) is 24.2. The highest BCUT2D eigenvalue weighted by Gasteiger charge is 2.30. The lowest BCUT2D eigenvalue weighted by Crippen LogP contribution is -2.55. The van der Waals surface area contributed by atoms with Crippen molar-refractivity contribution in [1.29, 1.82) is 0 Å². The summed E-state index contributed by atoms with van der Waals surface area (Å²) in [5.74, 6) is -2.58. The van der Waals surface area contributed by atoms with Crippen LogP contribution in [0, 0.1) is 5.92 Å². The van der Waals surface area contributed by atoms with E-state index >= 15 is 0 Å². The van der Waals surface area contributed by atoms with Crippen LogP contribution < -0.4 is 16.4 Å². The van der Waals surface area contributed by atoms with Crippen LogP contribution in [0.15, 0.2) is 60.7 Å². The number of carbonyl (C=O) groups is 4. The lowest BCUT2D eigenvalue weighted by molar-refractivity contribution is -0.147. The van der Waals surface area contributed by atoms with Gasteiger partial charge in [-0.3, -0.25) is 14.4 Å². The first kappa shape index (κ1) is 25.4. The number of nitrogens with one attached hydrogen (secondary N) is 2. The number of rotatable bonds is 11. The fraction of sp³-hybridized carbons (Fsp3) is 0.333. The smallest absolute Gasteiger partial charge is 0.408 e. The molecule has 2 aromatic rings. The third-order valence-electron chi connectivity index (χ3n) is 4.71. The van der Waals surface area contributed by atoms with Crippen molar-refractivity contribution in [2.75, 3.05) is 0 Å². The van der Waals surface area contributed by atoms with Crippen LogP contribution in [0.25, 0.3) is 0 Å². The molecular weight excluding hydrogens is 426 g/mol. The topological polar surface area (TPSA) is 137 Å². The first-order chi connectivity index (χ1) is 15.8. The van der Waals surface area contributed by atoms with E-state index < -0.39 is 42.4 Å². The summed E-state index contributed by atoms with van der Waals surface area (Å²) in [6.07, 6.45) is -1.22. The van der Waals surface area contributed by atoms with Gasteiger partial charge in [0.1, 0.15) is 25.3 Å². The van der Waals surface area contributed by atoms with Gasteiger partial charge in [-0.2, -0.15) is 0 Å². The van der Waals surface area contributed by atoms with E-state index in [4.69, 9.17) is 15.2 Å². The maximum Gasteiger partial charge on any atom is 0.408 e. The van der Waals surface area contributed by atoms with Crippen molar-refractivity contribution < 1.29 is 28.7 Å². The molecule has 9 heteroatoms. The number of amides is 3. The molecule has 0 radical (unpaired) electrons. The molecule has 2 aromatic carbocycles. The van der Waals surface area contributed by atoms with Gasteiger partial charge < -0.3 is 25.8 Å². The summed E-state index contributed by atoms with van der Waals surface area (Å²) in [6.45, 7) is 3.50. The molecule has 0 aliphatic rings. The summed E-state index contributed by atoms with van der Waals surface area (Å²) in [7, 11) is 0. The standard InChI is InChI=1S/C24H29N3O6/c1-16(2)21(27-24(31)33-15-18-11-7-4-8-12-18)23(30)26-19(22(25)29)13-20(28)32-14-17-9-5-3-6-10-17/h3-12,16,19,21H,13-15H2,1-2H3,(H2,25,29)(H,26,30)(H,27,31)/t19-,21-/m0/s1. The molecule has 0 aliphatic carbocycles. The van der Waals surface area contributed by atoms with Crippen LogP contribution in [0.3, 0.4) is 0 Å². The minimum atomic E-state index is -1.29. The Morgan fingerprint density at radius 3 is 1.82 bits per heavy atom. The van der Waals surface area contributed by atoms with Crippen LogP contribution in [0.4, 0.5) is 4.79 Å². The number of hydrogen-bond donors (Lipinski definition) is 3. The van der Waals surface area contributed by atoms with Crippen LogP contribution in [-0.2, 0) is 37.1 Å². The molecule has 0 saturated heterocycles. The van der Waals surface area contributed by atoms with Crippen molar-refractivity contribution in [3.63, 3.8) is 0 Å². The van der Waals surface area contributed by atoms with E-state index in [9.17, 15) is 19.2 Å². The normalized spacial score (nSPS) is 12.3. The van der Waals surface area contributed by atoms with Crippen LogP contribution in [-0.4, -0.2) is 36.0 Å². The number of hydrogen-bond acceptors (Lipinski definition) is 6. The molecule has 0 aliphatic heterocycles. The Bertz CT molecular complexity index is 934. The largest absolute Gasteiger partial charge is 0.461 e. The van der Waals surface area contributed by atoms with Gasteiger partial charge in [0.05, 0.1) is 6.42 Å². The number of primary amides is 1. The second-order valence-electron chi connectivity index (χ2n) is 7.74. The monoisotopic (exact) mass is 455 g/mol. The van der Waals surface area contributed by atoms with Crippen LogP contribution in [0.1, 0.15) is 31.4 Å². The van der Waals surface area contributed by atoms with Gasteiger partial charge in [0, 0.05) is 0 Å². The Balaban J connectivity index is 1.89. The summed E-state index contributed by atoms with van der Waals surface area (Å²) >= 11 is 0. The number of carbonyl (C=O) groups excluding carboxylic acids is 4. The highest BCUT2D eigenvalue weighted by atomic mass is 16.5. The van der Waals surface area contributed by atoms with Gasteiger partial charge in [0.25, 0.3) is 0 Å². The van der Waals surface area contributed by atoms with Crippen molar-refractivity contribution in [2.45, 2.75) is 45.6 Å². The molecule has 9 nitrogen and oxygen atoms in total. The predicted octanol–water partition coefficient (Wildman–Crippen LogP) is 2.04. The molecule has 3 amide bonds. The number of nitrogens with two attached hydrogens (primary N) is 1. The van der Waals surface area contributed by atoms with E-state index in [1.54, 1.807) is 50.2 Å². The minimum Gasteiger partial charge on any atom is -0.461 e. The van der Waals surface area contributed by atoms with E-state index in [0.717, 1.165) is 11.1 Å². The van der Waals surface area contributed by atoms with E-state index in [-0.39, 0.29) is 19.1 Å². The number of ether oxygens (including phenoxy) is 2. The van der Waals surface area contributed by atoms with E-state index in [1.165, 1.54) is 0 Å². The lowest BCUT2D eigenvalue weighted by Gasteiger charge is -2.24. The fourth-order valence-corrected chi connectivity index (χ4v) is 2.87. The number of alkyl carbamates (subject to hydrolysis) is 1. The molecule has 0 saturated carbocycles. The predicted molar refractivity (Wildman–Crippen MR) is 120 cm³/mol. The summed E-state index contributed by atoms with van der Waals surface area (Å²) in [4.78, 5) is 48.9. The SMILES string of the molecule is CC(C)[C@H](NC(=O)OCc1ccccc1)C(=O)N[C@@H](CC(=O)OCc1ccccc1)C(N)=O. The highest BCUT2D eigenvalue weighted by molar-refractivity contribution is 5.92. The summed E-state index contributed by atoms with van der Waals surface area (Å²) in [5.41, 5.74) is 6.93. The molecule has 0 bridgehead atoms. The zero-order valence-electron chi connectivity index (χ0n) is 18.7. The van der Waals surface area contributed by atoms with Crippen molar-refractivity contribution in [3.05, 3.63) is 71.8 Å². The first-order valence-electron chi connectivity index (χ1n) is 10.5. The Hall–Kier alpha value is -3.88. The third-order valence-corrected chi connectivity index (χ3v) is 4.71. The zero-order valence-corrected chi connectivity index (χ0v) is 18.7. The van der Waals surface area contributed by atoms with Crippen molar-refractivity contribution in [2.24, 2.45) is 11.7 Å². The molecule has 0 fully saturated rings. The summed E-state index contributed by atoms with van der Waals surface area (Å²) < 4.78 is 10.3. The Morgan fingerprint density at radius 2 is 1.33 bits per heavy atom. The molecule has 33 heavy (non-hydrogen) atoms. The Labute approximate surface area is 192 Å². The van der Waals surface area contributed by atoms with Gasteiger partial charge in [-0.15, -0.1) is 0 Å². The van der Waals surface area contributed by atoms with Crippen LogP contribution in [0.5, 0.6) is 0 Å². The maximum absolute atomic E-state index is 12.7. The van der Waals surface area contributed by atoms with Crippen LogP contribution in [0.2, 0.25) is 0 Å². The molecule has 4 N–H and O–H groups in total. The molecule has 2 rings (SSSR count). The van der Waals surface area contributed by atoms with Crippen molar-refractivity contribution in [3.8, 4) is 0 Å². The molecule has 0 heterocycles. The third kappa shape index (κ3) is 9.02. The highest BCUT2D eigenvalue weighted by Crippen LogP contribution is 2.07. The molecule has 0 aromatic heterocycles. The van der Waals surface area contributed by atoms with Crippen molar-refractivity contribution in [1.82, 2.24) is 10.6 Å². The van der Waals surface area contributed by atoms with Crippen LogP contribution >= 0.6 is 0 Å². The lowest BCUT2D eigenvalue weighted by atomic mass is 10.0. The van der Waals surface area contributed by atoms with Crippen molar-refractivity contribution >= 4 is 23.9 Å².